The van der Waals surface area contributed by atoms with Crippen LogP contribution in [0.25, 0.3) is 0 Å². The fraction of sp³-hybridized carbons (Fsp3) is 0.381. The van der Waals surface area contributed by atoms with Crippen molar-refractivity contribution in [3.05, 3.63) is 60.2 Å². The Bertz CT molecular complexity index is 665. The number of esters is 1. The van der Waals surface area contributed by atoms with Crippen molar-refractivity contribution in [3.8, 4) is 5.75 Å². The highest BCUT2D eigenvalue weighted by molar-refractivity contribution is 5.77. The lowest BCUT2D eigenvalue weighted by Crippen LogP contribution is -2.43. The van der Waals surface area contributed by atoms with E-state index in [4.69, 9.17) is 9.47 Å². The summed E-state index contributed by atoms with van der Waals surface area (Å²) in [4.78, 5) is 12.3. The number of methoxy groups -OCH3 is 2. The topological polar surface area (TPSA) is 47.6 Å². The summed E-state index contributed by atoms with van der Waals surface area (Å²) in [6, 6.07) is 18.0. The van der Waals surface area contributed by atoms with E-state index in [0.717, 1.165) is 24.3 Å². The van der Waals surface area contributed by atoms with Crippen molar-refractivity contribution >= 4 is 11.7 Å². The second kappa shape index (κ2) is 8.56. The Morgan fingerprint density at radius 1 is 1.04 bits per heavy atom. The maximum absolute atomic E-state index is 12.3. The van der Waals surface area contributed by atoms with Crippen molar-refractivity contribution in [2.24, 2.45) is 5.41 Å². The van der Waals surface area contributed by atoms with Crippen LogP contribution in [0.1, 0.15) is 25.8 Å². The lowest BCUT2D eigenvalue weighted by atomic mass is 9.81. The Labute approximate surface area is 150 Å². The van der Waals surface area contributed by atoms with E-state index in [1.807, 2.05) is 56.3 Å². The third-order valence-corrected chi connectivity index (χ3v) is 4.58. The van der Waals surface area contributed by atoms with Gasteiger partial charge >= 0.3 is 5.97 Å². The molecule has 134 valence electrons. The van der Waals surface area contributed by atoms with Crippen molar-refractivity contribution < 1.29 is 14.3 Å². The fourth-order valence-electron chi connectivity index (χ4n) is 2.86. The smallest absolute Gasteiger partial charge is 0.313 e. The summed E-state index contributed by atoms with van der Waals surface area (Å²) < 4.78 is 10.2. The zero-order valence-electron chi connectivity index (χ0n) is 15.4. The molecule has 2 aromatic carbocycles. The number of carbonyl (C=O) groups excluding carboxylic acids is 1. The van der Waals surface area contributed by atoms with Crippen LogP contribution in [-0.2, 0) is 16.0 Å². The van der Waals surface area contributed by atoms with Gasteiger partial charge in [0.2, 0.25) is 0 Å². The Kier molecular flexibility index (Phi) is 6.45. The number of benzene rings is 2. The first-order valence-corrected chi connectivity index (χ1v) is 8.50. The summed E-state index contributed by atoms with van der Waals surface area (Å²) in [7, 11) is 3.08. The minimum atomic E-state index is -0.649. The third-order valence-electron chi connectivity index (χ3n) is 4.58. The van der Waals surface area contributed by atoms with E-state index in [-0.39, 0.29) is 12.0 Å². The van der Waals surface area contributed by atoms with Crippen LogP contribution in [0.2, 0.25) is 0 Å². The monoisotopic (exact) mass is 341 g/mol. The second-order valence-electron chi connectivity index (χ2n) is 6.66. The van der Waals surface area contributed by atoms with Crippen LogP contribution < -0.4 is 10.1 Å². The minimum absolute atomic E-state index is 0.0615. The molecule has 0 radical (unpaired) electrons. The number of ether oxygens (including phenoxy) is 2. The SMILES string of the molecule is COC(=O)C(C)(C)C(CCc1ccccc1)Nc1ccc(OC)cc1. The zero-order valence-corrected chi connectivity index (χ0v) is 15.4. The normalized spacial score (nSPS) is 12.3. The molecule has 0 amide bonds. The molecule has 4 nitrogen and oxygen atoms in total. The number of aryl methyl sites for hydroxylation is 1. The van der Waals surface area contributed by atoms with Gasteiger partial charge in [-0.05, 0) is 56.5 Å². The van der Waals surface area contributed by atoms with Crippen LogP contribution >= 0.6 is 0 Å². The van der Waals surface area contributed by atoms with E-state index < -0.39 is 5.41 Å². The molecule has 2 rings (SSSR count). The molecule has 0 saturated heterocycles. The first-order valence-electron chi connectivity index (χ1n) is 8.50. The highest BCUT2D eigenvalue weighted by Crippen LogP contribution is 2.29. The lowest BCUT2D eigenvalue weighted by Gasteiger charge is -2.33. The first-order chi connectivity index (χ1) is 12.0. The fourth-order valence-corrected chi connectivity index (χ4v) is 2.86. The van der Waals surface area contributed by atoms with Gasteiger partial charge in [-0.2, -0.15) is 0 Å². The largest absolute Gasteiger partial charge is 0.497 e. The molecular formula is C21H27NO3. The number of hydrogen-bond donors (Lipinski definition) is 1. The van der Waals surface area contributed by atoms with E-state index in [1.165, 1.54) is 12.7 Å². The average molecular weight is 341 g/mol. The highest BCUT2D eigenvalue weighted by Gasteiger charge is 2.37. The number of anilines is 1. The first kappa shape index (κ1) is 18.8. The Hall–Kier alpha value is -2.49. The van der Waals surface area contributed by atoms with Crippen molar-refractivity contribution in [1.82, 2.24) is 0 Å². The summed E-state index contributed by atoms with van der Waals surface area (Å²) in [5.41, 5.74) is 1.56. The molecule has 4 heteroatoms. The summed E-state index contributed by atoms with van der Waals surface area (Å²) in [5.74, 6) is 0.588. The molecule has 25 heavy (non-hydrogen) atoms. The molecule has 0 saturated carbocycles. The molecule has 0 aliphatic heterocycles. The van der Waals surface area contributed by atoms with Crippen LogP contribution in [0.5, 0.6) is 5.75 Å². The third kappa shape index (κ3) is 4.99. The second-order valence-corrected chi connectivity index (χ2v) is 6.66. The van der Waals surface area contributed by atoms with Crippen LogP contribution in [0.4, 0.5) is 5.69 Å². The molecule has 0 aliphatic rings. The van der Waals surface area contributed by atoms with E-state index in [9.17, 15) is 4.79 Å². The minimum Gasteiger partial charge on any atom is -0.497 e. The van der Waals surface area contributed by atoms with E-state index >= 15 is 0 Å². The van der Waals surface area contributed by atoms with Gasteiger partial charge in [-0.1, -0.05) is 30.3 Å². The predicted molar refractivity (Wildman–Crippen MR) is 101 cm³/mol. The summed E-state index contributed by atoms with van der Waals surface area (Å²) in [5, 5.41) is 3.50. The molecule has 2 aromatic rings. The standard InChI is InChI=1S/C21H27NO3/c1-21(2,20(23)25-4)19(15-10-16-8-6-5-7-9-16)22-17-11-13-18(24-3)14-12-17/h5-9,11-14,19,22H,10,15H2,1-4H3. The molecule has 0 bridgehead atoms. The molecular weight excluding hydrogens is 314 g/mol. The van der Waals surface area contributed by atoms with Crippen molar-refractivity contribution in [1.29, 1.82) is 0 Å². The van der Waals surface area contributed by atoms with E-state index in [0.29, 0.717) is 0 Å². The van der Waals surface area contributed by atoms with Gasteiger partial charge in [0, 0.05) is 11.7 Å². The van der Waals surface area contributed by atoms with Gasteiger partial charge in [0.25, 0.3) is 0 Å². The van der Waals surface area contributed by atoms with Crippen molar-refractivity contribution in [2.45, 2.75) is 32.7 Å². The van der Waals surface area contributed by atoms with Crippen LogP contribution in [0, 0.1) is 5.41 Å². The van der Waals surface area contributed by atoms with E-state index in [2.05, 4.69) is 17.4 Å². The lowest BCUT2D eigenvalue weighted by molar-refractivity contribution is -0.151. The zero-order chi connectivity index (χ0) is 18.3. The number of rotatable bonds is 8. The van der Waals surface area contributed by atoms with Gasteiger partial charge < -0.3 is 14.8 Å². The summed E-state index contributed by atoms with van der Waals surface area (Å²) >= 11 is 0. The summed E-state index contributed by atoms with van der Waals surface area (Å²) in [6.45, 7) is 3.84. The van der Waals surface area contributed by atoms with Crippen LogP contribution in [0.15, 0.2) is 54.6 Å². The summed E-state index contributed by atoms with van der Waals surface area (Å²) in [6.07, 6.45) is 1.70. The van der Waals surface area contributed by atoms with Gasteiger partial charge in [0.15, 0.2) is 0 Å². The maximum Gasteiger partial charge on any atom is 0.313 e. The number of nitrogens with one attached hydrogen (secondary N) is 1. The van der Waals surface area contributed by atoms with E-state index in [1.54, 1.807) is 7.11 Å². The number of hydrogen-bond acceptors (Lipinski definition) is 4. The molecule has 0 aromatic heterocycles. The van der Waals surface area contributed by atoms with Crippen molar-refractivity contribution in [3.63, 3.8) is 0 Å². The molecule has 0 aliphatic carbocycles. The Morgan fingerprint density at radius 3 is 2.24 bits per heavy atom. The van der Waals surface area contributed by atoms with Gasteiger partial charge in [0.05, 0.1) is 19.6 Å². The Balaban J connectivity index is 2.16. The predicted octanol–water partition coefficient (Wildman–Crippen LogP) is 4.31. The molecule has 0 heterocycles. The quantitative estimate of drug-likeness (QED) is 0.727. The molecule has 0 fully saturated rings. The van der Waals surface area contributed by atoms with Gasteiger partial charge in [-0.15, -0.1) is 0 Å². The highest BCUT2D eigenvalue weighted by atomic mass is 16.5. The van der Waals surface area contributed by atoms with Crippen LogP contribution in [-0.4, -0.2) is 26.2 Å². The number of carbonyl (C=O) groups is 1. The molecule has 1 unspecified atom stereocenters. The van der Waals surface area contributed by atoms with Crippen LogP contribution in [0.3, 0.4) is 0 Å². The van der Waals surface area contributed by atoms with Gasteiger partial charge in [-0.25, -0.2) is 0 Å². The molecule has 0 spiro atoms. The van der Waals surface area contributed by atoms with Crippen molar-refractivity contribution in [2.75, 3.05) is 19.5 Å². The maximum atomic E-state index is 12.3. The average Bonchev–Trinajstić information content (AvgIpc) is 2.65. The molecule has 1 N–H and O–H groups in total. The Morgan fingerprint density at radius 2 is 1.68 bits per heavy atom. The molecule has 1 atom stereocenters. The van der Waals surface area contributed by atoms with Gasteiger partial charge in [-0.3, -0.25) is 4.79 Å². The van der Waals surface area contributed by atoms with Gasteiger partial charge in [0.1, 0.15) is 5.75 Å².